The molecule has 2 heterocycles. The predicted molar refractivity (Wildman–Crippen MR) is 131 cm³/mol. The van der Waals surface area contributed by atoms with E-state index in [1.807, 2.05) is 43.9 Å². The van der Waals surface area contributed by atoms with Crippen LogP contribution >= 0.6 is 0 Å². The van der Waals surface area contributed by atoms with Crippen LogP contribution in [0.3, 0.4) is 0 Å². The van der Waals surface area contributed by atoms with Gasteiger partial charge in [-0.3, -0.25) is 9.59 Å². The van der Waals surface area contributed by atoms with E-state index in [9.17, 15) is 14.0 Å². The molecule has 0 spiro atoms. The normalized spacial score (nSPS) is 15.1. The van der Waals surface area contributed by atoms with Crippen molar-refractivity contribution in [1.29, 1.82) is 0 Å². The number of carbonyl (C=O) groups is 2. The molecule has 0 saturated carbocycles. The zero-order chi connectivity index (χ0) is 24.9. The fraction of sp³-hybridized carbons (Fsp3) is 0.357. The molecule has 0 aliphatic carbocycles. The summed E-state index contributed by atoms with van der Waals surface area (Å²) >= 11 is 0. The van der Waals surface area contributed by atoms with Crippen molar-refractivity contribution in [3.05, 3.63) is 88.6 Å². The van der Waals surface area contributed by atoms with Gasteiger partial charge in [0.2, 0.25) is 5.91 Å². The van der Waals surface area contributed by atoms with E-state index in [0.29, 0.717) is 31.0 Å². The minimum Gasteiger partial charge on any atom is -0.486 e. The van der Waals surface area contributed by atoms with Crippen molar-refractivity contribution in [2.75, 3.05) is 13.1 Å². The lowest BCUT2D eigenvalue weighted by molar-refractivity contribution is -0.134. The number of furan rings is 1. The molecular formula is C28H31FN2O4. The van der Waals surface area contributed by atoms with Crippen LogP contribution in [0.25, 0.3) is 0 Å². The second kappa shape index (κ2) is 10.8. The number of hydrogen-bond acceptors (Lipinski definition) is 4. The van der Waals surface area contributed by atoms with Crippen molar-refractivity contribution in [2.24, 2.45) is 5.92 Å². The van der Waals surface area contributed by atoms with Crippen molar-refractivity contribution in [1.82, 2.24) is 10.2 Å². The number of nitrogens with one attached hydrogen (secondary N) is 1. The van der Waals surface area contributed by atoms with E-state index in [1.165, 1.54) is 12.1 Å². The summed E-state index contributed by atoms with van der Waals surface area (Å²) in [5.74, 6) is 1.15. The molecule has 2 amide bonds. The van der Waals surface area contributed by atoms with Gasteiger partial charge in [0.15, 0.2) is 5.76 Å². The summed E-state index contributed by atoms with van der Waals surface area (Å²) in [6.07, 6.45) is 1.20. The van der Waals surface area contributed by atoms with Crippen molar-refractivity contribution in [2.45, 2.75) is 46.3 Å². The smallest absolute Gasteiger partial charge is 0.286 e. The number of halogens is 1. The standard InChI is InChI=1S/C28H31FN2O4/c1-4-30-28(33)25-12-11-23(35-25)17-34-22-10-7-19-13-14-31(26(32)15-18(2)3)27(24(19)16-22)20-5-8-21(29)9-6-20/h5-12,16,18,27H,4,13-15,17H2,1-3H3,(H,30,33)/t27-/m1/s1. The molecular weight excluding hydrogens is 447 g/mol. The molecule has 0 saturated heterocycles. The molecule has 0 fully saturated rings. The number of amides is 2. The predicted octanol–water partition coefficient (Wildman–Crippen LogP) is 5.27. The fourth-order valence-corrected chi connectivity index (χ4v) is 4.40. The maximum Gasteiger partial charge on any atom is 0.286 e. The number of ether oxygens (including phenoxy) is 1. The van der Waals surface area contributed by atoms with Crippen molar-refractivity contribution >= 4 is 11.8 Å². The molecule has 7 heteroatoms. The third-order valence-corrected chi connectivity index (χ3v) is 6.04. The second-order valence-corrected chi connectivity index (χ2v) is 9.16. The average Bonchev–Trinajstić information content (AvgIpc) is 3.31. The Balaban J connectivity index is 1.59. The van der Waals surface area contributed by atoms with Crippen LogP contribution in [0, 0.1) is 11.7 Å². The number of carbonyl (C=O) groups excluding carboxylic acids is 2. The van der Waals surface area contributed by atoms with Gasteiger partial charge < -0.3 is 19.4 Å². The highest BCUT2D eigenvalue weighted by molar-refractivity contribution is 5.91. The Morgan fingerprint density at radius 3 is 2.63 bits per heavy atom. The average molecular weight is 479 g/mol. The lowest BCUT2D eigenvalue weighted by atomic mass is 9.87. The van der Waals surface area contributed by atoms with Crippen LogP contribution in [-0.4, -0.2) is 29.8 Å². The van der Waals surface area contributed by atoms with Crippen molar-refractivity contribution < 1.29 is 23.1 Å². The Bertz CT molecular complexity index is 1190. The summed E-state index contributed by atoms with van der Waals surface area (Å²) < 4.78 is 25.2. The summed E-state index contributed by atoms with van der Waals surface area (Å²) in [6, 6.07) is 15.2. The van der Waals surface area contributed by atoms with E-state index >= 15 is 0 Å². The van der Waals surface area contributed by atoms with E-state index in [2.05, 4.69) is 5.32 Å². The Labute approximate surface area is 205 Å². The summed E-state index contributed by atoms with van der Waals surface area (Å²) in [7, 11) is 0. The van der Waals surface area contributed by atoms with E-state index in [-0.39, 0.29) is 42.0 Å². The fourth-order valence-electron chi connectivity index (χ4n) is 4.40. The number of hydrogen-bond donors (Lipinski definition) is 1. The summed E-state index contributed by atoms with van der Waals surface area (Å²) in [5.41, 5.74) is 2.97. The molecule has 0 unspecified atom stereocenters. The van der Waals surface area contributed by atoms with Gasteiger partial charge in [0, 0.05) is 19.5 Å². The number of nitrogens with zero attached hydrogens (tertiary/aromatic N) is 1. The third kappa shape index (κ3) is 5.73. The highest BCUT2D eigenvalue weighted by atomic mass is 19.1. The molecule has 1 aromatic heterocycles. The molecule has 0 bridgehead atoms. The highest BCUT2D eigenvalue weighted by Gasteiger charge is 2.32. The lowest BCUT2D eigenvalue weighted by Crippen LogP contribution is -2.41. The molecule has 2 aromatic carbocycles. The van der Waals surface area contributed by atoms with Crippen LogP contribution in [0.15, 0.2) is 59.0 Å². The van der Waals surface area contributed by atoms with Gasteiger partial charge in [-0.05, 0) is 72.4 Å². The first-order valence-corrected chi connectivity index (χ1v) is 12.0. The molecule has 4 rings (SSSR count). The summed E-state index contributed by atoms with van der Waals surface area (Å²) in [6.45, 7) is 7.19. The minimum absolute atomic E-state index is 0.0831. The first kappa shape index (κ1) is 24.5. The van der Waals surface area contributed by atoms with Crippen LogP contribution in [0.4, 0.5) is 4.39 Å². The molecule has 1 aliphatic heterocycles. The largest absolute Gasteiger partial charge is 0.486 e. The first-order valence-electron chi connectivity index (χ1n) is 12.0. The SMILES string of the molecule is CCNC(=O)c1ccc(COc2ccc3c(c2)[C@@H](c2ccc(F)cc2)N(C(=O)CC(C)C)CC3)o1. The Morgan fingerprint density at radius 2 is 1.91 bits per heavy atom. The monoisotopic (exact) mass is 478 g/mol. The summed E-state index contributed by atoms with van der Waals surface area (Å²) in [5, 5.41) is 2.70. The lowest BCUT2D eigenvalue weighted by Gasteiger charge is -2.38. The first-order chi connectivity index (χ1) is 16.9. The Hall–Kier alpha value is -3.61. The molecule has 6 nitrogen and oxygen atoms in total. The number of benzene rings is 2. The summed E-state index contributed by atoms with van der Waals surface area (Å²) in [4.78, 5) is 27.0. The number of fused-ring (bicyclic) bond motifs is 1. The molecule has 1 aliphatic rings. The van der Waals surface area contributed by atoms with E-state index in [0.717, 1.165) is 23.1 Å². The molecule has 1 N–H and O–H groups in total. The van der Waals surface area contributed by atoms with Gasteiger partial charge >= 0.3 is 0 Å². The van der Waals surface area contributed by atoms with Crippen LogP contribution in [-0.2, 0) is 17.8 Å². The van der Waals surface area contributed by atoms with Gasteiger partial charge in [-0.15, -0.1) is 0 Å². The van der Waals surface area contributed by atoms with Crippen LogP contribution in [0.2, 0.25) is 0 Å². The van der Waals surface area contributed by atoms with E-state index in [1.54, 1.807) is 24.3 Å². The number of rotatable bonds is 8. The van der Waals surface area contributed by atoms with Crippen LogP contribution < -0.4 is 10.1 Å². The third-order valence-electron chi connectivity index (χ3n) is 6.04. The molecule has 35 heavy (non-hydrogen) atoms. The zero-order valence-corrected chi connectivity index (χ0v) is 20.3. The second-order valence-electron chi connectivity index (χ2n) is 9.16. The van der Waals surface area contributed by atoms with Crippen molar-refractivity contribution in [3.63, 3.8) is 0 Å². The maximum absolute atomic E-state index is 13.7. The molecule has 3 aromatic rings. The van der Waals surface area contributed by atoms with Crippen LogP contribution in [0.1, 0.15) is 66.2 Å². The Morgan fingerprint density at radius 1 is 1.14 bits per heavy atom. The van der Waals surface area contributed by atoms with Crippen molar-refractivity contribution in [3.8, 4) is 5.75 Å². The molecule has 0 radical (unpaired) electrons. The maximum atomic E-state index is 13.7. The van der Waals surface area contributed by atoms with Gasteiger partial charge in [0.05, 0.1) is 6.04 Å². The topological polar surface area (TPSA) is 71.8 Å². The Kier molecular flexibility index (Phi) is 7.54. The van der Waals surface area contributed by atoms with E-state index in [4.69, 9.17) is 9.15 Å². The van der Waals surface area contributed by atoms with Gasteiger partial charge in [0.1, 0.15) is 23.9 Å². The zero-order valence-electron chi connectivity index (χ0n) is 20.3. The van der Waals surface area contributed by atoms with Gasteiger partial charge in [-0.2, -0.15) is 0 Å². The van der Waals surface area contributed by atoms with Gasteiger partial charge in [0.25, 0.3) is 5.91 Å². The highest BCUT2D eigenvalue weighted by Crippen LogP contribution is 2.38. The quantitative estimate of drug-likeness (QED) is 0.479. The molecule has 1 atom stereocenters. The molecule has 184 valence electrons. The van der Waals surface area contributed by atoms with E-state index < -0.39 is 0 Å². The minimum atomic E-state index is -0.317. The van der Waals surface area contributed by atoms with Gasteiger partial charge in [-0.1, -0.05) is 32.0 Å². The van der Waals surface area contributed by atoms with Crippen LogP contribution in [0.5, 0.6) is 5.75 Å². The van der Waals surface area contributed by atoms with Gasteiger partial charge in [-0.25, -0.2) is 4.39 Å².